The smallest absolute Gasteiger partial charge is 0.409 e. The number of rotatable bonds is 3. The van der Waals surface area contributed by atoms with E-state index in [1.807, 2.05) is 0 Å². The average Bonchev–Trinajstić information content (AvgIpc) is 2.67. The Morgan fingerprint density at radius 1 is 1.08 bits per heavy atom. The van der Waals surface area contributed by atoms with Gasteiger partial charge in [-0.1, -0.05) is 6.07 Å². The fraction of sp³-hybridized carbons (Fsp3) is 0.412. The average molecular weight is 363 g/mol. The molecule has 1 aliphatic rings. The SMILES string of the molecule is CCOC(=O)N1CCN(C(=O)C(=O)Nc2cccc(C(=O)OC)c2)CC1. The minimum atomic E-state index is -0.809. The quantitative estimate of drug-likeness (QED) is 0.626. The van der Waals surface area contributed by atoms with Crippen LogP contribution in [0.4, 0.5) is 10.5 Å². The second kappa shape index (κ2) is 8.84. The summed E-state index contributed by atoms with van der Waals surface area (Å²) in [5.74, 6) is -2.05. The molecule has 1 aromatic rings. The van der Waals surface area contributed by atoms with Crippen LogP contribution >= 0.6 is 0 Å². The van der Waals surface area contributed by atoms with E-state index in [0.717, 1.165) is 0 Å². The maximum absolute atomic E-state index is 12.3. The van der Waals surface area contributed by atoms with Crippen LogP contribution in [-0.4, -0.2) is 73.6 Å². The Labute approximate surface area is 150 Å². The van der Waals surface area contributed by atoms with Crippen LogP contribution in [0.2, 0.25) is 0 Å². The summed E-state index contributed by atoms with van der Waals surface area (Å²) in [5, 5.41) is 2.47. The van der Waals surface area contributed by atoms with Crippen LogP contribution in [0, 0.1) is 0 Å². The van der Waals surface area contributed by atoms with Gasteiger partial charge in [-0.05, 0) is 25.1 Å². The highest BCUT2D eigenvalue weighted by atomic mass is 16.6. The molecule has 0 spiro atoms. The number of amides is 3. The molecule has 1 N–H and O–H groups in total. The fourth-order valence-electron chi connectivity index (χ4n) is 2.48. The second-order valence-corrected chi connectivity index (χ2v) is 5.50. The van der Waals surface area contributed by atoms with E-state index in [-0.39, 0.29) is 25.3 Å². The Hall–Kier alpha value is -3.10. The number of methoxy groups -OCH3 is 1. The van der Waals surface area contributed by atoms with Gasteiger partial charge in [-0.15, -0.1) is 0 Å². The molecular formula is C17H21N3O6. The molecule has 0 bridgehead atoms. The normalized spacial score (nSPS) is 13.8. The Balaban J connectivity index is 1.91. The number of anilines is 1. The van der Waals surface area contributed by atoms with Crippen LogP contribution < -0.4 is 5.32 Å². The predicted molar refractivity (Wildman–Crippen MR) is 91.6 cm³/mol. The number of esters is 1. The van der Waals surface area contributed by atoms with E-state index < -0.39 is 23.9 Å². The molecule has 0 unspecified atom stereocenters. The van der Waals surface area contributed by atoms with Crippen LogP contribution in [-0.2, 0) is 19.1 Å². The Kier molecular flexibility index (Phi) is 6.54. The van der Waals surface area contributed by atoms with Crippen molar-refractivity contribution in [3.63, 3.8) is 0 Å². The van der Waals surface area contributed by atoms with Crippen molar-refractivity contribution in [1.82, 2.24) is 9.80 Å². The van der Waals surface area contributed by atoms with Gasteiger partial charge >= 0.3 is 23.9 Å². The third-order valence-electron chi connectivity index (χ3n) is 3.83. The minimum absolute atomic E-state index is 0.243. The summed E-state index contributed by atoms with van der Waals surface area (Å²) in [7, 11) is 1.26. The minimum Gasteiger partial charge on any atom is -0.465 e. The molecule has 0 saturated carbocycles. The van der Waals surface area contributed by atoms with Gasteiger partial charge in [-0.25, -0.2) is 9.59 Å². The molecule has 140 valence electrons. The predicted octanol–water partition coefficient (Wildman–Crippen LogP) is 0.712. The Bertz CT molecular complexity index is 697. The highest BCUT2D eigenvalue weighted by Gasteiger charge is 2.28. The van der Waals surface area contributed by atoms with Gasteiger partial charge in [0.25, 0.3) is 0 Å². The van der Waals surface area contributed by atoms with Crippen molar-refractivity contribution in [2.45, 2.75) is 6.92 Å². The Morgan fingerprint density at radius 2 is 1.73 bits per heavy atom. The number of nitrogens with one attached hydrogen (secondary N) is 1. The van der Waals surface area contributed by atoms with E-state index in [4.69, 9.17) is 4.74 Å². The summed E-state index contributed by atoms with van der Waals surface area (Å²) in [6.07, 6.45) is -0.427. The molecule has 0 aromatic heterocycles. The molecule has 3 amide bonds. The van der Waals surface area contributed by atoms with Crippen molar-refractivity contribution < 1.29 is 28.7 Å². The molecule has 0 aliphatic carbocycles. The van der Waals surface area contributed by atoms with E-state index in [2.05, 4.69) is 10.1 Å². The van der Waals surface area contributed by atoms with Crippen LogP contribution in [0.1, 0.15) is 17.3 Å². The molecule has 0 atom stereocenters. The molecule has 1 aromatic carbocycles. The van der Waals surface area contributed by atoms with E-state index in [9.17, 15) is 19.2 Å². The number of hydrogen-bond donors (Lipinski definition) is 1. The maximum atomic E-state index is 12.3. The van der Waals surface area contributed by atoms with Crippen LogP contribution in [0.15, 0.2) is 24.3 Å². The molecular weight excluding hydrogens is 342 g/mol. The van der Waals surface area contributed by atoms with Crippen molar-refractivity contribution in [2.75, 3.05) is 45.2 Å². The van der Waals surface area contributed by atoms with Gasteiger partial charge in [0.1, 0.15) is 0 Å². The van der Waals surface area contributed by atoms with Crippen LogP contribution in [0.5, 0.6) is 0 Å². The fourth-order valence-corrected chi connectivity index (χ4v) is 2.48. The summed E-state index contributed by atoms with van der Waals surface area (Å²) in [4.78, 5) is 50.4. The maximum Gasteiger partial charge on any atom is 0.409 e. The monoisotopic (exact) mass is 363 g/mol. The second-order valence-electron chi connectivity index (χ2n) is 5.50. The first kappa shape index (κ1) is 19.2. The summed E-state index contributed by atoms with van der Waals surface area (Å²) >= 11 is 0. The third kappa shape index (κ3) is 4.71. The number of benzene rings is 1. The zero-order chi connectivity index (χ0) is 19.1. The molecule has 1 saturated heterocycles. The van der Waals surface area contributed by atoms with Crippen LogP contribution in [0.3, 0.4) is 0 Å². The van der Waals surface area contributed by atoms with Gasteiger partial charge in [0, 0.05) is 31.9 Å². The number of hydrogen-bond acceptors (Lipinski definition) is 6. The lowest BCUT2D eigenvalue weighted by Crippen LogP contribution is -2.53. The highest BCUT2D eigenvalue weighted by Crippen LogP contribution is 2.12. The van der Waals surface area contributed by atoms with E-state index in [1.165, 1.54) is 29.0 Å². The van der Waals surface area contributed by atoms with Gasteiger partial charge in [0.15, 0.2) is 0 Å². The first-order valence-electron chi connectivity index (χ1n) is 8.16. The van der Waals surface area contributed by atoms with Gasteiger partial charge in [0.2, 0.25) is 0 Å². The van der Waals surface area contributed by atoms with Crippen molar-refractivity contribution in [3.05, 3.63) is 29.8 Å². The first-order chi connectivity index (χ1) is 12.5. The molecule has 26 heavy (non-hydrogen) atoms. The van der Waals surface area contributed by atoms with E-state index in [1.54, 1.807) is 19.1 Å². The van der Waals surface area contributed by atoms with Crippen LogP contribution in [0.25, 0.3) is 0 Å². The molecule has 2 rings (SSSR count). The zero-order valence-corrected chi connectivity index (χ0v) is 14.7. The van der Waals surface area contributed by atoms with Crippen molar-refractivity contribution in [3.8, 4) is 0 Å². The standard InChI is InChI=1S/C17H21N3O6/c1-3-26-17(24)20-9-7-19(8-10-20)15(22)14(21)18-13-6-4-5-12(11-13)16(23)25-2/h4-6,11H,3,7-10H2,1-2H3,(H,18,21). The molecule has 1 heterocycles. The lowest BCUT2D eigenvalue weighted by atomic mass is 10.2. The van der Waals surface area contributed by atoms with E-state index in [0.29, 0.717) is 18.8 Å². The first-order valence-corrected chi connectivity index (χ1v) is 8.16. The van der Waals surface area contributed by atoms with Crippen molar-refractivity contribution >= 4 is 29.6 Å². The number of carbonyl (C=O) groups is 4. The molecule has 1 aliphatic heterocycles. The molecule has 9 nitrogen and oxygen atoms in total. The van der Waals surface area contributed by atoms with Gasteiger partial charge in [-0.3, -0.25) is 9.59 Å². The Morgan fingerprint density at radius 3 is 2.35 bits per heavy atom. The lowest BCUT2D eigenvalue weighted by molar-refractivity contribution is -0.144. The number of piperazine rings is 1. The number of ether oxygens (including phenoxy) is 2. The summed E-state index contributed by atoms with van der Waals surface area (Å²) in [6.45, 7) is 3.09. The zero-order valence-electron chi connectivity index (χ0n) is 14.7. The third-order valence-corrected chi connectivity index (χ3v) is 3.83. The lowest BCUT2D eigenvalue weighted by Gasteiger charge is -2.33. The summed E-state index contributed by atoms with van der Waals surface area (Å²) in [6, 6.07) is 6.11. The highest BCUT2D eigenvalue weighted by molar-refractivity contribution is 6.39. The number of carbonyl (C=O) groups excluding carboxylic acids is 4. The van der Waals surface area contributed by atoms with Gasteiger partial charge < -0.3 is 24.6 Å². The summed E-state index contributed by atoms with van der Waals surface area (Å²) < 4.78 is 9.53. The van der Waals surface area contributed by atoms with Crippen molar-refractivity contribution in [2.24, 2.45) is 0 Å². The van der Waals surface area contributed by atoms with Crippen molar-refractivity contribution in [1.29, 1.82) is 0 Å². The largest absolute Gasteiger partial charge is 0.465 e. The molecule has 9 heteroatoms. The molecule has 0 radical (unpaired) electrons. The number of nitrogens with zero attached hydrogens (tertiary/aromatic N) is 2. The van der Waals surface area contributed by atoms with Gasteiger partial charge in [-0.2, -0.15) is 0 Å². The van der Waals surface area contributed by atoms with E-state index >= 15 is 0 Å². The summed E-state index contributed by atoms with van der Waals surface area (Å²) in [5.41, 5.74) is 0.581. The topological polar surface area (TPSA) is 105 Å². The molecule has 1 fully saturated rings. The van der Waals surface area contributed by atoms with Gasteiger partial charge in [0.05, 0.1) is 19.3 Å².